The van der Waals surface area contributed by atoms with Gasteiger partial charge in [-0.05, 0) is 20.3 Å². The largest absolute Gasteiger partial charge is 0.352 e. The molecule has 0 fully saturated rings. The molecule has 0 saturated heterocycles. The number of hydrogen-bond donors (Lipinski definition) is 1. The maximum absolute atomic E-state index is 12.3. The molecule has 3 rings (SSSR count). The van der Waals surface area contributed by atoms with Crippen molar-refractivity contribution in [3.63, 3.8) is 0 Å². The van der Waals surface area contributed by atoms with Crippen molar-refractivity contribution < 1.29 is 4.79 Å². The van der Waals surface area contributed by atoms with Crippen molar-refractivity contribution in [2.24, 2.45) is 5.92 Å². The molecular weight excluding hydrogens is 266 g/mol. The van der Waals surface area contributed by atoms with Gasteiger partial charge in [0.25, 0.3) is 0 Å². The zero-order valence-corrected chi connectivity index (χ0v) is 12.3. The van der Waals surface area contributed by atoms with Crippen LogP contribution in [-0.2, 0) is 24.3 Å². The fraction of sp³-hybridized carbons (Fsp3) is 0.467. The van der Waals surface area contributed by atoms with E-state index in [2.05, 4.69) is 24.8 Å². The molecule has 6 heteroatoms. The SMILES string of the molecule is Cc1ncnc(C)c1CNC(=O)C1CCn2cncc2C1. The Morgan fingerprint density at radius 3 is 2.90 bits per heavy atom. The molecule has 1 aliphatic heterocycles. The first-order chi connectivity index (χ1) is 10.1. The Bertz CT molecular complexity index is 644. The average molecular weight is 285 g/mol. The zero-order valence-electron chi connectivity index (χ0n) is 12.3. The van der Waals surface area contributed by atoms with Crippen molar-refractivity contribution in [2.75, 3.05) is 0 Å². The highest BCUT2D eigenvalue weighted by Gasteiger charge is 2.24. The van der Waals surface area contributed by atoms with Gasteiger partial charge in [0.1, 0.15) is 6.33 Å². The van der Waals surface area contributed by atoms with Crippen LogP contribution in [0.25, 0.3) is 0 Å². The van der Waals surface area contributed by atoms with Gasteiger partial charge in [-0.2, -0.15) is 0 Å². The van der Waals surface area contributed by atoms with Gasteiger partial charge in [-0.3, -0.25) is 4.79 Å². The third kappa shape index (κ3) is 2.79. The van der Waals surface area contributed by atoms with Crippen LogP contribution < -0.4 is 5.32 Å². The molecule has 0 bridgehead atoms. The third-order valence-electron chi connectivity index (χ3n) is 4.16. The van der Waals surface area contributed by atoms with E-state index in [1.165, 1.54) is 0 Å². The van der Waals surface area contributed by atoms with Crippen molar-refractivity contribution in [1.29, 1.82) is 0 Å². The second kappa shape index (κ2) is 5.63. The lowest BCUT2D eigenvalue weighted by Gasteiger charge is -2.23. The van der Waals surface area contributed by atoms with E-state index in [9.17, 15) is 4.79 Å². The predicted molar refractivity (Wildman–Crippen MR) is 77.4 cm³/mol. The summed E-state index contributed by atoms with van der Waals surface area (Å²) < 4.78 is 2.11. The van der Waals surface area contributed by atoms with Crippen molar-refractivity contribution in [2.45, 2.75) is 39.8 Å². The second-order valence-electron chi connectivity index (χ2n) is 5.51. The van der Waals surface area contributed by atoms with Gasteiger partial charge in [-0.25, -0.2) is 15.0 Å². The lowest BCUT2D eigenvalue weighted by Crippen LogP contribution is -2.35. The lowest BCUT2D eigenvalue weighted by molar-refractivity contribution is -0.125. The van der Waals surface area contributed by atoms with Crippen molar-refractivity contribution in [1.82, 2.24) is 24.8 Å². The van der Waals surface area contributed by atoms with Crippen LogP contribution in [0.3, 0.4) is 0 Å². The molecule has 1 amide bonds. The average Bonchev–Trinajstić information content (AvgIpc) is 2.93. The number of amides is 1. The zero-order chi connectivity index (χ0) is 14.8. The third-order valence-corrected chi connectivity index (χ3v) is 4.16. The fourth-order valence-electron chi connectivity index (χ4n) is 2.79. The van der Waals surface area contributed by atoms with E-state index in [4.69, 9.17) is 0 Å². The molecule has 2 aromatic rings. The van der Waals surface area contributed by atoms with Crippen LogP contribution in [0.1, 0.15) is 29.1 Å². The topological polar surface area (TPSA) is 72.7 Å². The second-order valence-corrected chi connectivity index (χ2v) is 5.51. The fourth-order valence-corrected chi connectivity index (χ4v) is 2.79. The molecule has 0 radical (unpaired) electrons. The van der Waals surface area contributed by atoms with E-state index >= 15 is 0 Å². The molecule has 3 heterocycles. The number of hydrogen-bond acceptors (Lipinski definition) is 4. The van der Waals surface area contributed by atoms with E-state index in [1.54, 1.807) is 6.33 Å². The molecule has 110 valence electrons. The number of aromatic nitrogens is 4. The maximum atomic E-state index is 12.3. The van der Waals surface area contributed by atoms with Gasteiger partial charge < -0.3 is 9.88 Å². The van der Waals surface area contributed by atoms with Crippen LogP contribution in [0.15, 0.2) is 18.9 Å². The molecule has 0 aliphatic carbocycles. The van der Waals surface area contributed by atoms with Crippen molar-refractivity contribution in [3.05, 3.63) is 41.5 Å². The Hall–Kier alpha value is -2.24. The van der Waals surface area contributed by atoms with E-state index in [0.717, 1.165) is 42.0 Å². The highest BCUT2D eigenvalue weighted by molar-refractivity contribution is 5.79. The molecule has 21 heavy (non-hydrogen) atoms. The van der Waals surface area contributed by atoms with Gasteiger partial charge in [0.05, 0.1) is 6.33 Å². The highest BCUT2D eigenvalue weighted by Crippen LogP contribution is 2.20. The summed E-state index contributed by atoms with van der Waals surface area (Å²) in [5.41, 5.74) is 3.98. The molecular formula is C15H19N5O. The quantitative estimate of drug-likeness (QED) is 0.918. The number of imidazole rings is 1. The van der Waals surface area contributed by atoms with E-state index in [1.807, 2.05) is 26.4 Å². The minimum Gasteiger partial charge on any atom is -0.352 e. The van der Waals surface area contributed by atoms with Gasteiger partial charge in [0.2, 0.25) is 5.91 Å². The molecule has 1 atom stereocenters. The maximum Gasteiger partial charge on any atom is 0.223 e. The van der Waals surface area contributed by atoms with Gasteiger partial charge >= 0.3 is 0 Å². The molecule has 6 nitrogen and oxygen atoms in total. The Kier molecular flexibility index (Phi) is 3.68. The minimum absolute atomic E-state index is 0.0273. The van der Waals surface area contributed by atoms with E-state index in [0.29, 0.717) is 6.54 Å². The number of rotatable bonds is 3. The smallest absolute Gasteiger partial charge is 0.223 e. The summed E-state index contributed by atoms with van der Waals surface area (Å²) >= 11 is 0. The van der Waals surface area contributed by atoms with Crippen LogP contribution in [0, 0.1) is 19.8 Å². The van der Waals surface area contributed by atoms with Crippen LogP contribution in [0.5, 0.6) is 0 Å². The standard InChI is InChI=1S/C15H19N5O/c1-10-14(11(2)19-8-18-10)7-17-15(21)12-3-4-20-9-16-6-13(20)5-12/h6,8-9,12H,3-5,7H2,1-2H3,(H,17,21). The summed E-state index contributed by atoms with van der Waals surface area (Å²) in [6, 6.07) is 0. The predicted octanol–water partition coefficient (Wildman–Crippen LogP) is 1.17. The van der Waals surface area contributed by atoms with Crippen molar-refractivity contribution >= 4 is 5.91 Å². The Morgan fingerprint density at radius 2 is 2.14 bits per heavy atom. The number of carbonyl (C=O) groups excluding carboxylic acids is 1. The summed E-state index contributed by atoms with van der Waals surface area (Å²) in [5, 5.41) is 3.02. The summed E-state index contributed by atoms with van der Waals surface area (Å²) in [6.45, 7) is 5.23. The molecule has 1 unspecified atom stereocenters. The van der Waals surface area contributed by atoms with Crippen LogP contribution in [0.4, 0.5) is 0 Å². The number of nitrogens with one attached hydrogen (secondary N) is 1. The van der Waals surface area contributed by atoms with Gasteiger partial charge in [-0.1, -0.05) is 0 Å². The first-order valence-corrected chi connectivity index (χ1v) is 7.19. The van der Waals surface area contributed by atoms with Crippen LogP contribution in [-0.4, -0.2) is 25.4 Å². The number of aryl methyl sites for hydroxylation is 3. The minimum atomic E-state index is 0.0273. The van der Waals surface area contributed by atoms with E-state index < -0.39 is 0 Å². The van der Waals surface area contributed by atoms with Gasteiger partial charge in [0, 0.05) is 54.3 Å². The lowest BCUT2D eigenvalue weighted by atomic mass is 9.95. The number of fused-ring (bicyclic) bond motifs is 1. The molecule has 1 N–H and O–H groups in total. The summed E-state index contributed by atoms with van der Waals surface area (Å²) in [4.78, 5) is 24.8. The highest BCUT2D eigenvalue weighted by atomic mass is 16.1. The summed E-state index contributed by atoms with van der Waals surface area (Å²) in [7, 11) is 0. The van der Waals surface area contributed by atoms with Crippen LogP contribution >= 0.6 is 0 Å². The number of nitrogens with zero attached hydrogens (tertiary/aromatic N) is 4. The molecule has 0 spiro atoms. The molecule has 0 saturated carbocycles. The monoisotopic (exact) mass is 285 g/mol. The van der Waals surface area contributed by atoms with Crippen molar-refractivity contribution in [3.8, 4) is 0 Å². The first-order valence-electron chi connectivity index (χ1n) is 7.19. The number of carbonyl (C=O) groups is 1. The van der Waals surface area contributed by atoms with Crippen LogP contribution in [0.2, 0.25) is 0 Å². The van der Waals surface area contributed by atoms with E-state index in [-0.39, 0.29) is 11.8 Å². The Labute approximate surface area is 123 Å². The molecule has 2 aromatic heterocycles. The summed E-state index contributed by atoms with van der Waals surface area (Å²) in [5.74, 6) is 0.129. The molecule has 1 aliphatic rings. The first kappa shape index (κ1) is 13.7. The normalized spacial score (nSPS) is 17.3. The molecule has 0 aromatic carbocycles. The van der Waals surface area contributed by atoms with Gasteiger partial charge in [-0.15, -0.1) is 0 Å². The van der Waals surface area contributed by atoms with Gasteiger partial charge in [0.15, 0.2) is 0 Å². The Morgan fingerprint density at radius 1 is 1.38 bits per heavy atom. The summed E-state index contributed by atoms with van der Waals surface area (Å²) in [6.07, 6.45) is 6.85. The Balaban J connectivity index is 1.63.